The molecule has 1 aromatic heterocycles. The number of benzene rings is 2. The first-order valence-corrected chi connectivity index (χ1v) is 11.6. The number of aryl methyl sites for hydroxylation is 1. The second-order valence-electron chi connectivity index (χ2n) is 8.56. The summed E-state index contributed by atoms with van der Waals surface area (Å²) in [6.45, 7) is 9.60. The Kier molecular flexibility index (Phi) is 9.15. The Hall–Kier alpha value is -2.81. The zero-order valence-corrected chi connectivity index (χ0v) is 20.2. The van der Waals surface area contributed by atoms with Gasteiger partial charge in [-0.1, -0.05) is 25.1 Å². The van der Waals surface area contributed by atoms with Crippen LogP contribution in [0.2, 0.25) is 0 Å². The van der Waals surface area contributed by atoms with Crippen molar-refractivity contribution in [3.8, 4) is 17.3 Å². The van der Waals surface area contributed by atoms with Crippen molar-refractivity contribution in [1.29, 1.82) is 0 Å². The van der Waals surface area contributed by atoms with Crippen LogP contribution >= 0.6 is 0 Å². The molecule has 0 saturated heterocycles. The SMILES string of the molecule is CCCN(Cc1c(C)nn(-c2ccccc2)c1Oc1ccc(F)cc1F)C[C@@H](O)COC(C)C. The molecule has 0 spiro atoms. The molecule has 0 bridgehead atoms. The van der Waals surface area contributed by atoms with E-state index in [-0.39, 0.29) is 18.5 Å². The first-order chi connectivity index (χ1) is 16.3. The smallest absolute Gasteiger partial charge is 0.227 e. The number of rotatable bonds is 12. The summed E-state index contributed by atoms with van der Waals surface area (Å²) >= 11 is 0. The molecule has 2 aromatic carbocycles. The number of aliphatic hydroxyl groups excluding tert-OH is 1. The lowest BCUT2D eigenvalue weighted by Crippen LogP contribution is -2.35. The van der Waals surface area contributed by atoms with E-state index in [0.29, 0.717) is 19.0 Å². The summed E-state index contributed by atoms with van der Waals surface area (Å²) in [4.78, 5) is 2.10. The van der Waals surface area contributed by atoms with Gasteiger partial charge in [-0.25, -0.2) is 13.5 Å². The molecule has 6 nitrogen and oxygen atoms in total. The molecule has 1 atom stereocenters. The van der Waals surface area contributed by atoms with Crippen molar-refractivity contribution >= 4 is 0 Å². The number of aliphatic hydroxyl groups is 1. The summed E-state index contributed by atoms with van der Waals surface area (Å²) in [5, 5.41) is 15.1. The van der Waals surface area contributed by atoms with E-state index in [0.717, 1.165) is 42.0 Å². The third-order valence-corrected chi connectivity index (χ3v) is 5.25. The lowest BCUT2D eigenvalue weighted by Gasteiger charge is -2.25. The molecule has 0 aliphatic carbocycles. The van der Waals surface area contributed by atoms with E-state index >= 15 is 0 Å². The Bertz CT molecular complexity index is 1060. The highest BCUT2D eigenvalue weighted by atomic mass is 19.1. The molecule has 1 N–H and O–H groups in total. The Balaban J connectivity index is 1.95. The molecule has 3 aromatic rings. The van der Waals surface area contributed by atoms with Gasteiger partial charge in [-0.2, -0.15) is 5.10 Å². The van der Waals surface area contributed by atoms with E-state index in [9.17, 15) is 13.9 Å². The number of aromatic nitrogens is 2. The van der Waals surface area contributed by atoms with E-state index < -0.39 is 17.7 Å². The normalized spacial score (nSPS) is 12.5. The lowest BCUT2D eigenvalue weighted by atomic mass is 10.2. The first-order valence-electron chi connectivity index (χ1n) is 11.6. The minimum Gasteiger partial charge on any atom is -0.435 e. The van der Waals surface area contributed by atoms with E-state index in [1.807, 2.05) is 51.1 Å². The third-order valence-electron chi connectivity index (χ3n) is 5.25. The zero-order valence-electron chi connectivity index (χ0n) is 20.2. The maximum Gasteiger partial charge on any atom is 0.227 e. The number of nitrogens with zero attached hydrogens (tertiary/aromatic N) is 3. The summed E-state index contributed by atoms with van der Waals surface area (Å²) in [6.07, 6.45) is 0.260. The van der Waals surface area contributed by atoms with E-state index in [1.165, 1.54) is 6.07 Å². The fourth-order valence-corrected chi connectivity index (χ4v) is 3.66. The molecule has 8 heteroatoms. The molecular weight excluding hydrogens is 440 g/mol. The number of ether oxygens (including phenoxy) is 2. The molecule has 0 aliphatic heterocycles. The monoisotopic (exact) mass is 473 g/mol. The van der Waals surface area contributed by atoms with Gasteiger partial charge in [0.05, 0.1) is 35.8 Å². The number of para-hydroxylation sites is 1. The van der Waals surface area contributed by atoms with Crippen LogP contribution in [-0.2, 0) is 11.3 Å². The fraction of sp³-hybridized carbons (Fsp3) is 0.423. The van der Waals surface area contributed by atoms with Crippen LogP contribution in [0.25, 0.3) is 5.69 Å². The van der Waals surface area contributed by atoms with Crippen molar-refractivity contribution in [2.24, 2.45) is 0 Å². The van der Waals surface area contributed by atoms with Gasteiger partial charge in [0.1, 0.15) is 5.82 Å². The Morgan fingerprint density at radius 1 is 1.12 bits per heavy atom. The van der Waals surface area contributed by atoms with E-state index in [1.54, 1.807) is 4.68 Å². The van der Waals surface area contributed by atoms with Crippen LogP contribution in [0.5, 0.6) is 11.6 Å². The molecule has 0 radical (unpaired) electrons. The molecule has 34 heavy (non-hydrogen) atoms. The molecule has 1 heterocycles. The zero-order chi connectivity index (χ0) is 24.7. The fourth-order valence-electron chi connectivity index (χ4n) is 3.66. The highest BCUT2D eigenvalue weighted by Crippen LogP contribution is 2.33. The van der Waals surface area contributed by atoms with Crippen LogP contribution in [0.15, 0.2) is 48.5 Å². The molecule has 0 saturated carbocycles. The average Bonchev–Trinajstić information content (AvgIpc) is 3.10. The minimum atomic E-state index is -0.795. The largest absolute Gasteiger partial charge is 0.435 e. The molecule has 3 rings (SSSR count). The highest BCUT2D eigenvalue weighted by molar-refractivity contribution is 5.43. The third kappa shape index (κ3) is 6.85. The van der Waals surface area contributed by atoms with Crippen molar-refractivity contribution < 1.29 is 23.4 Å². The topological polar surface area (TPSA) is 59.8 Å². The van der Waals surface area contributed by atoms with Gasteiger partial charge in [-0.3, -0.25) is 4.90 Å². The summed E-state index contributed by atoms with van der Waals surface area (Å²) in [5.74, 6) is -1.21. The van der Waals surface area contributed by atoms with Crippen LogP contribution in [-0.4, -0.2) is 51.7 Å². The maximum atomic E-state index is 14.5. The van der Waals surface area contributed by atoms with E-state index in [4.69, 9.17) is 9.47 Å². The number of hydrogen-bond acceptors (Lipinski definition) is 5. The van der Waals surface area contributed by atoms with Crippen molar-refractivity contribution in [2.75, 3.05) is 19.7 Å². The van der Waals surface area contributed by atoms with Gasteiger partial charge in [-0.15, -0.1) is 0 Å². The van der Waals surface area contributed by atoms with Crippen LogP contribution < -0.4 is 4.74 Å². The Morgan fingerprint density at radius 2 is 1.85 bits per heavy atom. The second-order valence-corrected chi connectivity index (χ2v) is 8.56. The molecule has 0 fully saturated rings. The van der Waals surface area contributed by atoms with Gasteiger partial charge in [0.2, 0.25) is 5.88 Å². The average molecular weight is 474 g/mol. The number of hydrogen-bond donors (Lipinski definition) is 1. The summed E-state index contributed by atoms with van der Waals surface area (Å²) in [6, 6.07) is 12.6. The minimum absolute atomic E-state index is 0.0335. The van der Waals surface area contributed by atoms with Gasteiger partial charge < -0.3 is 14.6 Å². The Labute approximate surface area is 199 Å². The second kappa shape index (κ2) is 12.1. The summed E-state index contributed by atoms with van der Waals surface area (Å²) in [7, 11) is 0. The Morgan fingerprint density at radius 3 is 2.50 bits per heavy atom. The first kappa shape index (κ1) is 25.8. The highest BCUT2D eigenvalue weighted by Gasteiger charge is 2.23. The summed E-state index contributed by atoms with van der Waals surface area (Å²) < 4.78 is 41.1. The van der Waals surface area contributed by atoms with Crippen LogP contribution in [0.4, 0.5) is 8.78 Å². The van der Waals surface area contributed by atoms with Crippen LogP contribution in [0, 0.1) is 18.6 Å². The van der Waals surface area contributed by atoms with Gasteiger partial charge in [0.25, 0.3) is 0 Å². The van der Waals surface area contributed by atoms with Gasteiger partial charge >= 0.3 is 0 Å². The molecule has 184 valence electrons. The predicted molar refractivity (Wildman–Crippen MR) is 127 cm³/mol. The molecule has 0 amide bonds. The lowest BCUT2D eigenvalue weighted by molar-refractivity contribution is -0.00957. The molecular formula is C26H33F2N3O3. The number of halogens is 2. The van der Waals surface area contributed by atoms with Crippen LogP contribution in [0.1, 0.15) is 38.4 Å². The van der Waals surface area contributed by atoms with Crippen molar-refractivity contribution in [3.63, 3.8) is 0 Å². The predicted octanol–water partition coefficient (Wildman–Crippen LogP) is 5.25. The van der Waals surface area contributed by atoms with Crippen molar-refractivity contribution in [2.45, 2.75) is 52.9 Å². The van der Waals surface area contributed by atoms with Gasteiger partial charge in [0.15, 0.2) is 11.6 Å². The van der Waals surface area contributed by atoms with Gasteiger partial charge in [0, 0.05) is 19.2 Å². The van der Waals surface area contributed by atoms with Gasteiger partial charge in [-0.05, 0) is 58.0 Å². The molecule has 0 aliphatic rings. The maximum absolute atomic E-state index is 14.5. The van der Waals surface area contributed by atoms with Crippen molar-refractivity contribution in [1.82, 2.24) is 14.7 Å². The standard InChI is InChI=1S/C26H33F2N3O3/c1-5-13-30(15-22(32)17-33-18(2)3)16-23-19(4)29-31(21-9-7-6-8-10-21)26(23)34-25-12-11-20(27)14-24(25)28/h6-12,14,18,22,32H,5,13,15-17H2,1-4H3/t22-/m1/s1. The van der Waals surface area contributed by atoms with Crippen LogP contribution in [0.3, 0.4) is 0 Å². The van der Waals surface area contributed by atoms with Crippen molar-refractivity contribution in [3.05, 3.63) is 71.4 Å². The van der Waals surface area contributed by atoms with E-state index in [2.05, 4.69) is 16.9 Å². The quantitative estimate of drug-likeness (QED) is 0.389. The molecule has 0 unspecified atom stereocenters. The summed E-state index contributed by atoms with van der Waals surface area (Å²) in [5.41, 5.74) is 2.23.